The van der Waals surface area contributed by atoms with Crippen molar-refractivity contribution in [3.63, 3.8) is 0 Å². The molecule has 0 N–H and O–H groups in total. The molecule has 0 amide bonds. The molecule has 110 valence electrons. The van der Waals surface area contributed by atoms with Crippen LogP contribution in [0.3, 0.4) is 0 Å². The Morgan fingerprint density at radius 3 is 2.40 bits per heavy atom. The van der Waals surface area contributed by atoms with Crippen LogP contribution < -0.4 is 0 Å². The molecule has 2 rings (SSSR count). The molecule has 0 saturated carbocycles. The Morgan fingerprint density at radius 1 is 1.30 bits per heavy atom. The molecule has 1 aromatic carbocycles. The molecule has 8 heteroatoms. The van der Waals surface area contributed by atoms with Gasteiger partial charge in [-0.2, -0.15) is 8.78 Å². The SMILES string of the molecule is CC(C)(C)c1nc2ccc(Cl)c(S(=O)(=O)C(F)F)c2o1. The Balaban J connectivity index is 2.84. The number of alkyl halides is 2. The lowest BCUT2D eigenvalue weighted by Crippen LogP contribution is -2.12. The molecule has 1 heterocycles. The molecule has 0 radical (unpaired) electrons. The smallest absolute Gasteiger partial charge is 0.341 e. The summed E-state index contributed by atoms with van der Waals surface area (Å²) in [5.74, 6) is -3.32. The molecule has 2 aromatic rings. The Hall–Kier alpha value is -1.21. The highest BCUT2D eigenvalue weighted by Crippen LogP contribution is 2.36. The summed E-state index contributed by atoms with van der Waals surface area (Å²) in [7, 11) is -4.87. The van der Waals surface area contributed by atoms with Gasteiger partial charge in [0.1, 0.15) is 10.4 Å². The summed E-state index contributed by atoms with van der Waals surface area (Å²) < 4.78 is 54.3. The van der Waals surface area contributed by atoms with E-state index in [-0.39, 0.29) is 22.0 Å². The van der Waals surface area contributed by atoms with Crippen LogP contribution in [-0.2, 0) is 15.3 Å². The van der Waals surface area contributed by atoms with E-state index in [1.54, 1.807) is 20.8 Å². The van der Waals surface area contributed by atoms with Crippen LogP contribution in [0.15, 0.2) is 21.4 Å². The van der Waals surface area contributed by atoms with E-state index >= 15 is 0 Å². The van der Waals surface area contributed by atoms with Gasteiger partial charge >= 0.3 is 5.76 Å². The number of hydrogen-bond acceptors (Lipinski definition) is 4. The molecule has 0 aliphatic heterocycles. The van der Waals surface area contributed by atoms with Gasteiger partial charge in [-0.25, -0.2) is 13.4 Å². The summed E-state index contributed by atoms with van der Waals surface area (Å²) in [6.07, 6.45) is 0. The maximum atomic E-state index is 12.7. The minimum Gasteiger partial charge on any atom is -0.439 e. The second-order valence-electron chi connectivity index (χ2n) is 5.30. The summed E-state index contributed by atoms with van der Waals surface area (Å²) in [5, 5.41) is -0.311. The van der Waals surface area contributed by atoms with Gasteiger partial charge in [-0.15, -0.1) is 0 Å². The molecule has 4 nitrogen and oxygen atoms in total. The Bertz CT molecular complexity index is 763. The fourth-order valence-corrected chi connectivity index (χ4v) is 3.01. The summed E-state index contributed by atoms with van der Waals surface area (Å²) >= 11 is 5.76. The highest BCUT2D eigenvalue weighted by atomic mass is 35.5. The van der Waals surface area contributed by atoms with Crippen LogP contribution in [-0.4, -0.2) is 19.2 Å². The predicted octanol–water partition coefficient (Wildman–Crippen LogP) is 3.78. The number of oxazole rings is 1. The van der Waals surface area contributed by atoms with Gasteiger partial charge < -0.3 is 4.42 Å². The molecular formula is C12H12ClF2NO3S. The number of rotatable bonds is 2. The van der Waals surface area contributed by atoms with Gasteiger partial charge in [0, 0.05) is 5.41 Å². The molecule has 1 aromatic heterocycles. The zero-order valence-electron chi connectivity index (χ0n) is 10.9. The van der Waals surface area contributed by atoms with Crippen LogP contribution >= 0.6 is 11.6 Å². The highest BCUT2D eigenvalue weighted by Gasteiger charge is 2.34. The third kappa shape index (κ3) is 2.40. The minimum atomic E-state index is -4.87. The van der Waals surface area contributed by atoms with Crippen molar-refractivity contribution >= 4 is 32.5 Å². The number of halogens is 3. The average molecular weight is 324 g/mol. The Morgan fingerprint density at radius 2 is 1.90 bits per heavy atom. The van der Waals surface area contributed by atoms with Crippen LogP contribution in [0.25, 0.3) is 11.1 Å². The van der Waals surface area contributed by atoms with E-state index in [0.717, 1.165) is 0 Å². The van der Waals surface area contributed by atoms with Gasteiger partial charge in [-0.05, 0) is 12.1 Å². The first kappa shape index (κ1) is 15.2. The summed E-state index contributed by atoms with van der Waals surface area (Å²) in [4.78, 5) is 3.41. The first-order chi connectivity index (χ1) is 9.05. The van der Waals surface area contributed by atoms with Crippen LogP contribution in [0.4, 0.5) is 8.78 Å². The van der Waals surface area contributed by atoms with Crippen molar-refractivity contribution in [2.75, 3.05) is 0 Å². The fraction of sp³-hybridized carbons (Fsp3) is 0.417. The fourth-order valence-electron chi connectivity index (χ4n) is 1.62. The monoisotopic (exact) mass is 323 g/mol. The second-order valence-corrected chi connectivity index (χ2v) is 7.56. The lowest BCUT2D eigenvalue weighted by atomic mass is 9.97. The van der Waals surface area contributed by atoms with E-state index in [0.29, 0.717) is 0 Å². The first-order valence-electron chi connectivity index (χ1n) is 5.66. The molecule has 0 fully saturated rings. The van der Waals surface area contributed by atoms with E-state index < -0.39 is 25.9 Å². The van der Waals surface area contributed by atoms with Gasteiger partial charge in [0.15, 0.2) is 5.58 Å². The number of aromatic nitrogens is 1. The van der Waals surface area contributed by atoms with Crippen LogP contribution in [0, 0.1) is 0 Å². The van der Waals surface area contributed by atoms with Gasteiger partial charge in [-0.3, -0.25) is 0 Å². The van der Waals surface area contributed by atoms with Crippen molar-refractivity contribution in [3.8, 4) is 0 Å². The largest absolute Gasteiger partial charge is 0.439 e. The van der Waals surface area contributed by atoms with Crippen LogP contribution in [0.5, 0.6) is 0 Å². The number of sulfone groups is 1. The van der Waals surface area contributed by atoms with Crippen molar-refractivity contribution < 1.29 is 21.6 Å². The van der Waals surface area contributed by atoms with E-state index in [1.807, 2.05) is 0 Å². The number of fused-ring (bicyclic) bond motifs is 1. The average Bonchev–Trinajstić information content (AvgIpc) is 2.71. The van der Waals surface area contributed by atoms with Gasteiger partial charge in [0.25, 0.3) is 0 Å². The molecule has 0 spiro atoms. The standard InChI is InChI=1S/C12H12ClF2NO3S/c1-12(2,3)10-16-7-5-4-6(13)9(8(7)19-10)20(17,18)11(14)15/h4-5,11H,1-3H3. The number of benzene rings is 1. The number of nitrogens with zero attached hydrogens (tertiary/aromatic N) is 1. The van der Waals surface area contributed by atoms with Crippen molar-refractivity contribution in [3.05, 3.63) is 23.0 Å². The van der Waals surface area contributed by atoms with Gasteiger partial charge in [0.05, 0.1) is 5.02 Å². The van der Waals surface area contributed by atoms with E-state index in [4.69, 9.17) is 16.0 Å². The summed E-state index contributed by atoms with van der Waals surface area (Å²) in [6, 6.07) is 2.65. The Kier molecular flexibility index (Phi) is 3.54. The van der Waals surface area contributed by atoms with Gasteiger partial charge in [0.2, 0.25) is 15.7 Å². The maximum Gasteiger partial charge on any atom is 0.341 e. The van der Waals surface area contributed by atoms with E-state index in [2.05, 4.69) is 4.98 Å². The minimum absolute atomic E-state index is 0.179. The molecule has 0 bridgehead atoms. The summed E-state index contributed by atoms with van der Waals surface area (Å²) in [5.41, 5.74) is -0.543. The third-order valence-electron chi connectivity index (χ3n) is 2.62. The van der Waals surface area contributed by atoms with Crippen molar-refractivity contribution in [2.24, 2.45) is 0 Å². The molecule has 0 unspecified atom stereocenters. The van der Waals surface area contributed by atoms with Crippen LogP contribution in [0.2, 0.25) is 5.02 Å². The van der Waals surface area contributed by atoms with Crippen molar-refractivity contribution in [2.45, 2.75) is 36.8 Å². The first-order valence-corrected chi connectivity index (χ1v) is 7.59. The highest BCUT2D eigenvalue weighted by molar-refractivity contribution is 7.92. The maximum absolute atomic E-state index is 12.7. The lowest BCUT2D eigenvalue weighted by Gasteiger charge is -2.11. The molecule has 0 aliphatic carbocycles. The lowest BCUT2D eigenvalue weighted by molar-refractivity contribution is 0.234. The molecule has 20 heavy (non-hydrogen) atoms. The van der Waals surface area contributed by atoms with E-state index in [9.17, 15) is 17.2 Å². The molecular weight excluding hydrogens is 312 g/mol. The second kappa shape index (κ2) is 4.66. The normalized spacial score (nSPS) is 13.3. The summed E-state index contributed by atoms with van der Waals surface area (Å²) in [6.45, 7) is 5.42. The topological polar surface area (TPSA) is 60.2 Å². The number of hydrogen-bond donors (Lipinski definition) is 0. The van der Waals surface area contributed by atoms with E-state index in [1.165, 1.54) is 12.1 Å². The quantitative estimate of drug-likeness (QED) is 0.844. The van der Waals surface area contributed by atoms with Crippen molar-refractivity contribution in [1.82, 2.24) is 4.98 Å². The van der Waals surface area contributed by atoms with Crippen molar-refractivity contribution in [1.29, 1.82) is 0 Å². The predicted molar refractivity (Wildman–Crippen MR) is 70.9 cm³/mol. The molecule has 0 aliphatic rings. The van der Waals surface area contributed by atoms with Crippen LogP contribution in [0.1, 0.15) is 26.7 Å². The Labute approximate surface area is 119 Å². The zero-order chi connectivity index (χ0) is 15.3. The third-order valence-corrected chi connectivity index (χ3v) is 4.50. The molecule has 0 saturated heterocycles. The molecule has 0 atom stereocenters. The zero-order valence-corrected chi connectivity index (χ0v) is 12.5. The van der Waals surface area contributed by atoms with Gasteiger partial charge in [-0.1, -0.05) is 32.4 Å².